The quantitative estimate of drug-likeness (QED) is 0.413. The first-order chi connectivity index (χ1) is 15.2. The normalized spacial score (nSPS) is 11.2. The Labute approximate surface area is 178 Å². The minimum absolute atomic E-state index is 0.511. The van der Waals surface area contributed by atoms with E-state index in [1.54, 1.807) is 28.4 Å². The van der Waals surface area contributed by atoms with Crippen molar-refractivity contribution in [2.24, 2.45) is 0 Å². The second-order valence-electron chi connectivity index (χ2n) is 6.97. The third-order valence-corrected chi connectivity index (χ3v) is 5.41. The molecule has 156 valence electrons. The molecule has 0 saturated carbocycles. The number of nitrogens with zero attached hydrogens (tertiary/aromatic N) is 3. The van der Waals surface area contributed by atoms with Gasteiger partial charge in [0.2, 0.25) is 5.75 Å². The number of ether oxygens (including phenoxy) is 4. The van der Waals surface area contributed by atoms with E-state index in [4.69, 9.17) is 28.9 Å². The molecule has 0 atom stereocenters. The Morgan fingerprint density at radius 1 is 0.774 bits per heavy atom. The van der Waals surface area contributed by atoms with Crippen LogP contribution in [-0.4, -0.2) is 42.8 Å². The van der Waals surface area contributed by atoms with E-state index in [0.717, 1.165) is 44.6 Å². The lowest BCUT2D eigenvalue weighted by Gasteiger charge is -2.17. The first-order valence-electron chi connectivity index (χ1n) is 9.74. The molecule has 0 aliphatic carbocycles. The fraction of sp³-hybridized carbons (Fsp3) is 0.167. The van der Waals surface area contributed by atoms with Gasteiger partial charge in [-0.15, -0.1) is 0 Å². The van der Waals surface area contributed by atoms with E-state index in [9.17, 15) is 0 Å². The Morgan fingerprint density at radius 3 is 2.23 bits per heavy atom. The smallest absolute Gasteiger partial charge is 0.204 e. The van der Waals surface area contributed by atoms with Gasteiger partial charge in [0.05, 0.1) is 39.5 Å². The number of aromatic nitrogens is 3. The highest BCUT2D eigenvalue weighted by molar-refractivity contribution is 6.13. The first-order valence-corrected chi connectivity index (χ1v) is 9.74. The summed E-state index contributed by atoms with van der Waals surface area (Å²) < 4.78 is 24.4. The summed E-state index contributed by atoms with van der Waals surface area (Å²) in [4.78, 5) is 9.88. The topological polar surface area (TPSA) is 67.1 Å². The molecule has 5 rings (SSSR count). The highest BCUT2D eigenvalue weighted by Crippen LogP contribution is 2.48. The minimum Gasteiger partial charge on any atom is -0.497 e. The molecule has 0 aliphatic rings. The van der Waals surface area contributed by atoms with Crippen LogP contribution in [0.15, 0.2) is 54.7 Å². The lowest BCUT2D eigenvalue weighted by atomic mass is 10.0. The molecule has 31 heavy (non-hydrogen) atoms. The van der Waals surface area contributed by atoms with Crippen LogP contribution in [0.4, 0.5) is 0 Å². The second kappa shape index (κ2) is 7.36. The summed E-state index contributed by atoms with van der Waals surface area (Å²) in [5, 5.41) is 1.68. The van der Waals surface area contributed by atoms with Gasteiger partial charge in [-0.25, -0.2) is 9.97 Å². The lowest BCUT2D eigenvalue weighted by Crippen LogP contribution is -1.99. The predicted octanol–water partition coefficient (Wildman–Crippen LogP) is 4.74. The van der Waals surface area contributed by atoms with Gasteiger partial charge >= 0.3 is 0 Å². The number of pyridine rings is 2. The largest absolute Gasteiger partial charge is 0.497 e. The Kier molecular flexibility index (Phi) is 4.51. The zero-order chi connectivity index (χ0) is 21.5. The monoisotopic (exact) mass is 415 g/mol. The van der Waals surface area contributed by atoms with Gasteiger partial charge in [-0.05, 0) is 42.5 Å². The summed E-state index contributed by atoms with van der Waals surface area (Å²) in [6.07, 6.45) is 1.96. The van der Waals surface area contributed by atoms with Crippen molar-refractivity contribution < 1.29 is 18.9 Å². The summed E-state index contributed by atoms with van der Waals surface area (Å²) in [6, 6.07) is 15.6. The zero-order valence-electron chi connectivity index (χ0n) is 17.7. The number of benzene rings is 2. The molecule has 0 saturated heterocycles. The van der Waals surface area contributed by atoms with Gasteiger partial charge in [0.15, 0.2) is 17.1 Å². The number of fused-ring (bicyclic) bond motifs is 5. The van der Waals surface area contributed by atoms with Gasteiger partial charge in [-0.1, -0.05) is 6.07 Å². The van der Waals surface area contributed by atoms with Gasteiger partial charge in [-0.2, -0.15) is 0 Å². The minimum atomic E-state index is 0.511. The molecule has 0 unspecified atom stereocenters. The summed E-state index contributed by atoms with van der Waals surface area (Å²) in [6.45, 7) is 0. The van der Waals surface area contributed by atoms with Crippen LogP contribution in [0.25, 0.3) is 38.8 Å². The Bertz CT molecular complexity index is 1420. The van der Waals surface area contributed by atoms with Crippen LogP contribution < -0.4 is 18.9 Å². The number of hydrogen-bond acceptors (Lipinski definition) is 6. The van der Waals surface area contributed by atoms with Crippen LogP contribution in [0.3, 0.4) is 0 Å². The molecular weight excluding hydrogens is 394 g/mol. The molecule has 0 amide bonds. The molecule has 0 N–H and O–H groups in total. The molecule has 0 radical (unpaired) electrons. The van der Waals surface area contributed by atoms with Crippen molar-refractivity contribution in [3.05, 3.63) is 54.7 Å². The van der Waals surface area contributed by atoms with Crippen LogP contribution in [0.1, 0.15) is 0 Å². The highest BCUT2D eigenvalue weighted by Gasteiger charge is 2.24. The van der Waals surface area contributed by atoms with Gasteiger partial charge in [0, 0.05) is 17.1 Å². The molecule has 7 heteroatoms. The summed E-state index contributed by atoms with van der Waals surface area (Å²) in [5.74, 6) is 2.40. The van der Waals surface area contributed by atoms with E-state index < -0.39 is 0 Å². The number of methoxy groups -OCH3 is 4. The van der Waals surface area contributed by atoms with Crippen molar-refractivity contribution in [3.63, 3.8) is 0 Å². The number of imidazole rings is 1. The lowest BCUT2D eigenvalue weighted by molar-refractivity contribution is 0.327. The van der Waals surface area contributed by atoms with Crippen molar-refractivity contribution in [2.75, 3.05) is 28.4 Å². The highest BCUT2D eigenvalue weighted by atomic mass is 16.5. The Balaban J connectivity index is 2.00. The van der Waals surface area contributed by atoms with Crippen molar-refractivity contribution in [1.29, 1.82) is 0 Å². The van der Waals surface area contributed by atoms with E-state index in [1.807, 2.05) is 59.1 Å². The van der Waals surface area contributed by atoms with Crippen LogP contribution in [0.2, 0.25) is 0 Å². The van der Waals surface area contributed by atoms with Crippen molar-refractivity contribution >= 4 is 27.6 Å². The van der Waals surface area contributed by atoms with Gasteiger partial charge in [0.25, 0.3) is 0 Å². The number of hydrogen-bond donors (Lipinski definition) is 0. The van der Waals surface area contributed by atoms with E-state index >= 15 is 0 Å². The maximum Gasteiger partial charge on any atom is 0.204 e. The average Bonchev–Trinajstić information content (AvgIpc) is 3.21. The molecule has 0 bridgehead atoms. The molecule has 0 fully saturated rings. The molecule has 7 nitrogen and oxygen atoms in total. The van der Waals surface area contributed by atoms with Crippen molar-refractivity contribution in [3.8, 4) is 34.3 Å². The molecular formula is C24H21N3O4. The van der Waals surface area contributed by atoms with Crippen LogP contribution in [-0.2, 0) is 0 Å². The van der Waals surface area contributed by atoms with Crippen LogP contribution in [0.5, 0.6) is 23.0 Å². The van der Waals surface area contributed by atoms with E-state index in [0.29, 0.717) is 17.2 Å². The Morgan fingerprint density at radius 2 is 1.55 bits per heavy atom. The van der Waals surface area contributed by atoms with Gasteiger partial charge < -0.3 is 18.9 Å². The Hall–Kier alpha value is -4.00. The van der Waals surface area contributed by atoms with Crippen LogP contribution >= 0.6 is 0 Å². The average molecular weight is 415 g/mol. The molecule has 5 aromatic rings. The molecule has 0 spiro atoms. The summed E-state index contributed by atoms with van der Waals surface area (Å²) in [7, 11) is 6.46. The molecule has 0 aliphatic heterocycles. The second-order valence-corrected chi connectivity index (χ2v) is 6.97. The maximum atomic E-state index is 5.82. The molecule has 2 aromatic carbocycles. The maximum absolute atomic E-state index is 5.82. The molecule has 3 heterocycles. The molecule has 3 aromatic heterocycles. The van der Waals surface area contributed by atoms with E-state index in [-0.39, 0.29) is 0 Å². The van der Waals surface area contributed by atoms with E-state index in [2.05, 4.69) is 0 Å². The number of rotatable bonds is 5. The summed E-state index contributed by atoms with van der Waals surface area (Å²) in [5.41, 5.74) is 4.01. The van der Waals surface area contributed by atoms with Gasteiger partial charge in [-0.3, -0.25) is 4.40 Å². The SMILES string of the molecule is COc1ccc(-c2nc3c(nc4ccccn43)c3cc(OC)c(OC)c(OC)c23)cc1. The zero-order valence-corrected chi connectivity index (χ0v) is 17.7. The predicted molar refractivity (Wildman–Crippen MR) is 120 cm³/mol. The van der Waals surface area contributed by atoms with Gasteiger partial charge in [0.1, 0.15) is 16.9 Å². The van der Waals surface area contributed by atoms with Crippen molar-refractivity contribution in [2.45, 2.75) is 0 Å². The third-order valence-electron chi connectivity index (χ3n) is 5.41. The summed E-state index contributed by atoms with van der Waals surface area (Å²) >= 11 is 0. The van der Waals surface area contributed by atoms with Crippen molar-refractivity contribution in [1.82, 2.24) is 14.4 Å². The van der Waals surface area contributed by atoms with Crippen LogP contribution in [0, 0.1) is 0 Å². The fourth-order valence-electron chi connectivity index (χ4n) is 3.97. The first kappa shape index (κ1) is 19.0. The fourth-order valence-corrected chi connectivity index (χ4v) is 3.97. The standard InChI is InChI=1S/C24H21N3O4/c1-28-15-10-8-14(9-11-15)20-19-16(13-17(29-2)22(30-3)23(19)31-4)21-24(26-20)27-12-6-5-7-18(27)25-21/h5-13H,1-4H3. The van der Waals surface area contributed by atoms with E-state index in [1.165, 1.54) is 0 Å². The third kappa shape index (κ3) is 2.81.